The Morgan fingerprint density at radius 3 is 2.74 bits per heavy atom. The van der Waals surface area contributed by atoms with E-state index in [4.69, 9.17) is 21.4 Å². The number of amides is 1. The number of rotatable bonds is 7. The largest absolute Gasteiger partial charge is 0.480 e. The smallest absolute Gasteiger partial charge is 0.326 e. The fourth-order valence-corrected chi connectivity index (χ4v) is 1.92. The molecule has 1 heterocycles. The molecule has 0 aliphatic rings. The number of aliphatic carboxylic acids is 1. The molecule has 0 bridgehead atoms. The highest BCUT2D eigenvalue weighted by molar-refractivity contribution is 6.31. The van der Waals surface area contributed by atoms with Crippen molar-refractivity contribution < 1.29 is 19.4 Å². The van der Waals surface area contributed by atoms with E-state index in [1.807, 2.05) is 0 Å². The Hall–Kier alpha value is -1.53. The lowest BCUT2D eigenvalue weighted by Crippen LogP contribution is -2.41. The summed E-state index contributed by atoms with van der Waals surface area (Å²) in [5.74, 6) is -1.52. The van der Waals surface area contributed by atoms with Crippen LogP contribution in [0.5, 0.6) is 0 Å². The third-order valence-electron chi connectivity index (χ3n) is 2.65. The summed E-state index contributed by atoms with van der Waals surface area (Å²) in [5.41, 5.74) is 0.322. The molecule has 19 heavy (non-hydrogen) atoms. The predicted molar refractivity (Wildman–Crippen MR) is 70.4 cm³/mol. The van der Waals surface area contributed by atoms with Crippen LogP contribution in [-0.2, 0) is 16.6 Å². The van der Waals surface area contributed by atoms with Crippen LogP contribution in [0.1, 0.15) is 23.3 Å². The van der Waals surface area contributed by atoms with Crippen LogP contribution in [0.2, 0.25) is 5.02 Å². The van der Waals surface area contributed by atoms with Crippen LogP contribution in [0.4, 0.5) is 0 Å². The SMILES string of the molecule is COCCCC(NC(=O)c1cc(Cl)cn1C)C(=O)O. The van der Waals surface area contributed by atoms with Gasteiger partial charge in [0.25, 0.3) is 5.91 Å². The molecule has 2 N–H and O–H groups in total. The van der Waals surface area contributed by atoms with Crippen molar-refractivity contribution in [1.82, 2.24) is 9.88 Å². The Labute approximate surface area is 116 Å². The Morgan fingerprint density at radius 1 is 1.58 bits per heavy atom. The van der Waals surface area contributed by atoms with E-state index in [-0.39, 0.29) is 0 Å². The second-order valence-electron chi connectivity index (χ2n) is 4.15. The first kappa shape index (κ1) is 15.5. The van der Waals surface area contributed by atoms with Crippen LogP contribution in [-0.4, -0.2) is 41.3 Å². The molecule has 0 radical (unpaired) electrons. The molecule has 7 heteroatoms. The lowest BCUT2D eigenvalue weighted by atomic mass is 10.1. The molecular formula is C12H17ClN2O4. The van der Waals surface area contributed by atoms with Gasteiger partial charge in [-0.2, -0.15) is 0 Å². The van der Waals surface area contributed by atoms with E-state index in [9.17, 15) is 9.59 Å². The van der Waals surface area contributed by atoms with Crippen molar-refractivity contribution in [2.75, 3.05) is 13.7 Å². The van der Waals surface area contributed by atoms with Gasteiger partial charge in [-0.15, -0.1) is 0 Å². The van der Waals surface area contributed by atoms with Crippen molar-refractivity contribution in [2.45, 2.75) is 18.9 Å². The Kier molecular flexibility index (Phi) is 5.85. The number of carboxylic acids is 1. The maximum Gasteiger partial charge on any atom is 0.326 e. The molecule has 1 unspecified atom stereocenters. The number of carbonyl (C=O) groups is 2. The standard InChI is InChI=1S/C12H17ClN2O4/c1-15-7-8(13)6-10(15)11(16)14-9(12(17)18)4-3-5-19-2/h6-7,9H,3-5H2,1-2H3,(H,14,16)(H,17,18). The topological polar surface area (TPSA) is 80.6 Å². The van der Waals surface area contributed by atoms with Crippen molar-refractivity contribution in [3.8, 4) is 0 Å². The zero-order valence-corrected chi connectivity index (χ0v) is 11.6. The highest BCUT2D eigenvalue weighted by Gasteiger charge is 2.21. The summed E-state index contributed by atoms with van der Waals surface area (Å²) in [6.45, 7) is 0.454. The number of ether oxygens (including phenoxy) is 1. The number of carbonyl (C=O) groups excluding carboxylic acids is 1. The van der Waals surface area contributed by atoms with Crippen LogP contribution in [0, 0.1) is 0 Å². The van der Waals surface area contributed by atoms with Gasteiger partial charge < -0.3 is 19.7 Å². The molecule has 0 fully saturated rings. The first-order valence-corrected chi connectivity index (χ1v) is 6.18. The molecule has 0 spiro atoms. The van der Waals surface area contributed by atoms with Crippen LogP contribution in [0.25, 0.3) is 0 Å². The minimum Gasteiger partial charge on any atom is -0.480 e. The highest BCUT2D eigenvalue weighted by Crippen LogP contribution is 2.13. The number of halogens is 1. The van der Waals surface area contributed by atoms with E-state index in [0.717, 1.165) is 0 Å². The van der Waals surface area contributed by atoms with Crippen LogP contribution >= 0.6 is 11.6 Å². The number of methoxy groups -OCH3 is 1. The number of hydrogen-bond acceptors (Lipinski definition) is 3. The number of nitrogens with one attached hydrogen (secondary N) is 1. The number of nitrogens with zero attached hydrogens (tertiary/aromatic N) is 1. The molecule has 0 aliphatic heterocycles. The summed E-state index contributed by atoms with van der Waals surface area (Å²) in [4.78, 5) is 23.0. The number of hydrogen-bond donors (Lipinski definition) is 2. The van der Waals surface area contributed by atoms with Gasteiger partial charge in [-0.25, -0.2) is 4.79 Å². The predicted octanol–water partition coefficient (Wildman–Crippen LogP) is 1.29. The lowest BCUT2D eigenvalue weighted by Gasteiger charge is -2.14. The maximum atomic E-state index is 11.9. The van der Waals surface area contributed by atoms with E-state index in [1.165, 1.54) is 6.07 Å². The van der Waals surface area contributed by atoms with Gasteiger partial charge in [0, 0.05) is 27.0 Å². The number of carboxylic acid groups (broad SMARTS) is 1. The van der Waals surface area contributed by atoms with Gasteiger partial charge in [-0.1, -0.05) is 11.6 Å². The van der Waals surface area contributed by atoms with Gasteiger partial charge in [0.05, 0.1) is 5.02 Å². The molecule has 1 aromatic rings. The molecule has 1 aromatic heterocycles. The fraction of sp³-hybridized carbons (Fsp3) is 0.500. The van der Waals surface area contributed by atoms with Crippen molar-refractivity contribution >= 4 is 23.5 Å². The van der Waals surface area contributed by atoms with Gasteiger partial charge >= 0.3 is 5.97 Å². The maximum absolute atomic E-state index is 11.9. The van der Waals surface area contributed by atoms with Crippen molar-refractivity contribution in [2.24, 2.45) is 7.05 Å². The Balaban J connectivity index is 2.66. The van der Waals surface area contributed by atoms with Gasteiger partial charge in [0.15, 0.2) is 0 Å². The van der Waals surface area contributed by atoms with Crippen molar-refractivity contribution in [1.29, 1.82) is 0 Å². The van der Waals surface area contributed by atoms with Crippen molar-refractivity contribution in [3.05, 3.63) is 23.0 Å². The zero-order valence-electron chi connectivity index (χ0n) is 10.9. The monoisotopic (exact) mass is 288 g/mol. The summed E-state index contributed by atoms with van der Waals surface area (Å²) in [7, 11) is 3.21. The second-order valence-corrected chi connectivity index (χ2v) is 4.59. The molecule has 106 valence electrons. The molecule has 0 aromatic carbocycles. The minimum atomic E-state index is -1.07. The van der Waals surface area contributed by atoms with E-state index >= 15 is 0 Å². The normalized spacial score (nSPS) is 12.2. The summed E-state index contributed by atoms with van der Waals surface area (Å²) in [6, 6.07) is 0.557. The average Bonchev–Trinajstić information content (AvgIpc) is 2.67. The summed E-state index contributed by atoms with van der Waals surface area (Å²) in [6.07, 6.45) is 2.45. The fourth-order valence-electron chi connectivity index (χ4n) is 1.67. The Morgan fingerprint density at radius 2 is 2.26 bits per heavy atom. The van der Waals surface area contributed by atoms with Crippen LogP contribution < -0.4 is 5.32 Å². The summed E-state index contributed by atoms with van der Waals surface area (Å²) < 4.78 is 6.40. The van der Waals surface area contributed by atoms with E-state index in [2.05, 4.69) is 5.32 Å². The highest BCUT2D eigenvalue weighted by atomic mass is 35.5. The number of aromatic nitrogens is 1. The molecular weight excluding hydrogens is 272 g/mol. The van der Waals surface area contributed by atoms with Crippen LogP contribution in [0.3, 0.4) is 0 Å². The summed E-state index contributed by atoms with van der Waals surface area (Å²) in [5, 5.41) is 12.0. The second kappa shape index (κ2) is 7.16. The zero-order chi connectivity index (χ0) is 14.4. The molecule has 0 saturated heterocycles. The van der Waals surface area contributed by atoms with Gasteiger partial charge in [-0.05, 0) is 18.9 Å². The molecule has 1 rings (SSSR count). The van der Waals surface area contributed by atoms with Gasteiger partial charge in [0.2, 0.25) is 0 Å². The number of aryl methyl sites for hydroxylation is 1. The van der Waals surface area contributed by atoms with Crippen LogP contribution in [0.15, 0.2) is 12.3 Å². The van der Waals surface area contributed by atoms with Crippen molar-refractivity contribution in [3.63, 3.8) is 0 Å². The van der Waals surface area contributed by atoms with E-state index < -0.39 is 17.9 Å². The third-order valence-corrected chi connectivity index (χ3v) is 2.86. The summed E-state index contributed by atoms with van der Waals surface area (Å²) >= 11 is 5.78. The average molecular weight is 289 g/mol. The molecule has 0 saturated carbocycles. The molecule has 0 aliphatic carbocycles. The minimum absolute atomic E-state index is 0.313. The Bertz CT molecular complexity index is 459. The van der Waals surface area contributed by atoms with E-state index in [1.54, 1.807) is 24.9 Å². The van der Waals surface area contributed by atoms with Gasteiger partial charge in [0.1, 0.15) is 11.7 Å². The lowest BCUT2D eigenvalue weighted by molar-refractivity contribution is -0.139. The van der Waals surface area contributed by atoms with Gasteiger partial charge in [-0.3, -0.25) is 4.79 Å². The molecule has 1 amide bonds. The third kappa shape index (κ3) is 4.57. The first-order valence-electron chi connectivity index (χ1n) is 5.80. The first-order chi connectivity index (χ1) is 8.95. The quantitative estimate of drug-likeness (QED) is 0.741. The molecule has 1 atom stereocenters. The molecule has 6 nitrogen and oxygen atoms in total. The van der Waals surface area contributed by atoms with E-state index in [0.29, 0.717) is 30.2 Å².